The summed E-state index contributed by atoms with van der Waals surface area (Å²) in [6.07, 6.45) is 1.77. The number of carbonyl (C=O) groups is 3. The number of hydrogen-bond donors (Lipinski definition) is 2. The van der Waals surface area contributed by atoms with Gasteiger partial charge in [0.05, 0.1) is 5.52 Å². The van der Waals surface area contributed by atoms with Crippen LogP contribution in [0.1, 0.15) is 20.8 Å². The van der Waals surface area contributed by atoms with Crippen LogP contribution in [0.25, 0.3) is 10.9 Å². The molecule has 0 atom stereocenters. The first-order valence-electron chi connectivity index (χ1n) is 11.6. The van der Waals surface area contributed by atoms with E-state index >= 15 is 0 Å². The van der Waals surface area contributed by atoms with Crippen LogP contribution in [0.3, 0.4) is 0 Å². The highest BCUT2D eigenvalue weighted by molar-refractivity contribution is 6.04. The largest absolute Gasteiger partial charge is 0.384 e. The normalized spacial score (nSPS) is 13.6. The number of rotatable bonds is 5. The minimum Gasteiger partial charge on any atom is -0.384 e. The van der Waals surface area contributed by atoms with E-state index in [0.717, 1.165) is 5.39 Å². The Labute approximate surface area is 207 Å². The molecule has 0 saturated carbocycles. The summed E-state index contributed by atoms with van der Waals surface area (Å²) in [6.45, 7) is 2.03. The van der Waals surface area contributed by atoms with E-state index in [1.54, 1.807) is 69.2 Å². The third-order valence-corrected chi connectivity index (χ3v) is 6.05. The number of pyridine rings is 1. The molecular formula is C26H25N7O3. The van der Waals surface area contributed by atoms with E-state index in [4.69, 9.17) is 5.73 Å². The van der Waals surface area contributed by atoms with Crippen molar-refractivity contribution in [2.24, 2.45) is 0 Å². The Hall–Kier alpha value is -4.73. The molecule has 10 nitrogen and oxygen atoms in total. The number of carbonyl (C=O) groups excluding carboxylic acids is 3. The van der Waals surface area contributed by atoms with Crippen molar-refractivity contribution in [3.05, 3.63) is 84.2 Å². The van der Waals surface area contributed by atoms with Crippen molar-refractivity contribution in [3.8, 4) is 0 Å². The number of anilines is 2. The number of nitrogen functional groups attached to an aromatic ring is 1. The second kappa shape index (κ2) is 9.87. The summed E-state index contributed by atoms with van der Waals surface area (Å²) >= 11 is 0. The van der Waals surface area contributed by atoms with Gasteiger partial charge in [-0.2, -0.15) is 5.10 Å². The van der Waals surface area contributed by atoms with Crippen molar-refractivity contribution in [1.29, 1.82) is 0 Å². The lowest BCUT2D eigenvalue weighted by molar-refractivity contribution is -0.133. The Morgan fingerprint density at radius 1 is 0.889 bits per heavy atom. The third kappa shape index (κ3) is 5.02. The van der Waals surface area contributed by atoms with Gasteiger partial charge in [-0.3, -0.25) is 19.1 Å². The average molecular weight is 484 g/mol. The first-order chi connectivity index (χ1) is 17.5. The van der Waals surface area contributed by atoms with Crippen molar-refractivity contribution in [1.82, 2.24) is 24.6 Å². The highest BCUT2D eigenvalue weighted by Gasteiger charge is 2.25. The molecule has 1 aliphatic rings. The smallest absolute Gasteiger partial charge is 0.274 e. The zero-order valence-electron chi connectivity index (χ0n) is 19.5. The number of nitrogens with zero attached hydrogens (tertiary/aromatic N) is 5. The van der Waals surface area contributed by atoms with Crippen LogP contribution in [0.5, 0.6) is 0 Å². The molecule has 0 aliphatic carbocycles. The molecule has 1 fully saturated rings. The lowest BCUT2D eigenvalue weighted by atomic mass is 10.2. The van der Waals surface area contributed by atoms with Gasteiger partial charge in [0.25, 0.3) is 11.8 Å². The minimum atomic E-state index is -0.367. The zero-order chi connectivity index (χ0) is 25.1. The number of nitrogens with two attached hydrogens (primary N) is 1. The van der Waals surface area contributed by atoms with Gasteiger partial charge in [0.15, 0.2) is 0 Å². The summed E-state index contributed by atoms with van der Waals surface area (Å²) in [5, 5.41) is 8.08. The number of hydrogen-bond acceptors (Lipinski definition) is 6. The summed E-state index contributed by atoms with van der Waals surface area (Å²) in [6, 6.07) is 19.4. The van der Waals surface area contributed by atoms with Gasteiger partial charge in [-0.25, -0.2) is 4.98 Å². The second-order valence-corrected chi connectivity index (χ2v) is 8.54. The average Bonchev–Trinajstić information content (AvgIpc) is 3.30. The molecule has 3 amide bonds. The van der Waals surface area contributed by atoms with E-state index in [2.05, 4.69) is 15.4 Å². The Morgan fingerprint density at radius 3 is 2.39 bits per heavy atom. The first kappa shape index (κ1) is 23.0. The molecule has 0 bridgehead atoms. The number of benzene rings is 2. The van der Waals surface area contributed by atoms with Gasteiger partial charge in [0, 0.05) is 49.0 Å². The number of amides is 3. The summed E-state index contributed by atoms with van der Waals surface area (Å²) in [4.78, 5) is 45.5. The predicted octanol–water partition coefficient (Wildman–Crippen LogP) is 2.25. The molecule has 3 heterocycles. The lowest BCUT2D eigenvalue weighted by Crippen LogP contribution is -2.51. The fourth-order valence-corrected chi connectivity index (χ4v) is 4.17. The first-order valence-corrected chi connectivity index (χ1v) is 11.6. The van der Waals surface area contributed by atoms with Gasteiger partial charge in [0.2, 0.25) is 5.91 Å². The molecule has 2 aromatic heterocycles. The molecule has 2 aromatic carbocycles. The fourth-order valence-electron chi connectivity index (χ4n) is 4.17. The van der Waals surface area contributed by atoms with Crippen LogP contribution in [-0.2, 0) is 11.3 Å². The number of fused-ring (bicyclic) bond motifs is 1. The maximum atomic E-state index is 12.9. The SMILES string of the molecule is Nc1cccc(C(=O)Nc2ccc3nn(CC(=O)N4CCN(C(=O)c5ccccc5)CC4)cc3c2)n1. The predicted molar refractivity (Wildman–Crippen MR) is 135 cm³/mol. The Bertz CT molecular complexity index is 1430. The highest BCUT2D eigenvalue weighted by atomic mass is 16.2. The highest BCUT2D eigenvalue weighted by Crippen LogP contribution is 2.19. The van der Waals surface area contributed by atoms with Gasteiger partial charge in [-0.1, -0.05) is 24.3 Å². The fraction of sp³-hybridized carbons (Fsp3) is 0.192. The molecule has 4 aromatic rings. The molecule has 0 radical (unpaired) electrons. The monoisotopic (exact) mass is 483 g/mol. The third-order valence-electron chi connectivity index (χ3n) is 6.05. The summed E-state index contributed by atoms with van der Waals surface area (Å²) < 4.78 is 1.60. The van der Waals surface area contributed by atoms with Crippen molar-refractivity contribution in [2.45, 2.75) is 6.54 Å². The molecule has 3 N–H and O–H groups in total. The van der Waals surface area contributed by atoms with Crippen LogP contribution < -0.4 is 11.1 Å². The molecule has 1 aliphatic heterocycles. The van der Waals surface area contributed by atoms with Crippen LogP contribution >= 0.6 is 0 Å². The van der Waals surface area contributed by atoms with Gasteiger partial charge in [-0.15, -0.1) is 0 Å². The van der Waals surface area contributed by atoms with Crippen LogP contribution in [-0.4, -0.2) is 68.5 Å². The molecule has 0 unspecified atom stereocenters. The quantitative estimate of drug-likeness (QED) is 0.448. The van der Waals surface area contributed by atoms with Crippen LogP contribution in [0.2, 0.25) is 0 Å². The van der Waals surface area contributed by atoms with E-state index in [-0.39, 0.29) is 35.8 Å². The summed E-state index contributed by atoms with van der Waals surface area (Å²) in [5.41, 5.74) is 7.83. The summed E-state index contributed by atoms with van der Waals surface area (Å²) in [5.74, 6) is -0.173. The number of piperazine rings is 1. The van der Waals surface area contributed by atoms with Gasteiger partial charge >= 0.3 is 0 Å². The van der Waals surface area contributed by atoms with Crippen molar-refractivity contribution in [2.75, 3.05) is 37.2 Å². The standard InChI is InChI=1S/C26H25N7O3/c27-23-8-4-7-22(29-23)25(35)28-20-9-10-21-19(15-20)16-33(30-21)17-24(34)31-11-13-32(14-12-31)26(36)18-5-2-1-3-6-18/h1-10,15-16H,11-14,17H2,(H2,27,29)(H,28,35). The van der Waals surface area contributed by atoms with E-state index < -0.39 is 0 Å². The van der Waals surface area contributed by atoms with Crippen molar-refractivity contribution < 1.29 is 14.4 Å². The molecule has 0 spiro atoms. The topological polar surface area (TPSA) is 126 Å². The number of nitrogens with one attached hydrogen (secondary N) is 1. The van der Waals surface area contributed by atoms with Gasteiger partial charge in [-0.05, 0) is 42.5 Å². The lowest BCUT2D eigenvalue weighted by Gasteiger charge is -2.34. The molecule has 182 valence electrons. The molecular weight excluding hydrogens is 458 g/mol. The molecule has 36 heavy (non-hydrogen) atoms. The van der Waals surface area contributed by atoms with E-state index in [1.165, 1.54) is 0 Å². The maximum absolute atomic E-state index is 12.9. The van der Waals surface area contributed by atoms with Crippen LogP contribution in [0, 0.1) is 0 Å². The molecule has 1 saturated heterocycles. The van der Waals surface area contributed by atoms with E-state index in [1.807, 2.05) is 18.2 Å². The zero-order valence-corrected chi connectivity index (χ0v) is 19.5. The molecule has 5 rings (SSSR count). The summed E-state index contributed by atoms with van der Waals surface area (Å²) in [7, 11) is 0. The Morgan fingerprint density at radius 2 is 1.64 bits per heavy atom. The van der Waals surface area contributed by atoms with Gasteiger partial charge in [0.1, 0.15) is 18.1 Å². The van der Waals surface area contributed by atoms with E-state index in [0.29, 0.717) is 42.9 Å². The Balaban J connectivity index is 1.19. The minimum absolute atomic E-state index is 0.0181. The van der Waals surface area contributed by atoms with Crippen molar-refractivity contribution in [3.63, 3.8) is 0 Å². The Kier molecular flexibility index (Phi) is 6.31. The van der Waals surface area contributed by atoms with Crippen LogP contribution in [0.4, 0.5) is 11.5 Å². The second-order valence-electron chi connectivity index (χ2n) is 8.54. The van der Waals surface area contributed by atoms with Crippen molar-refractivity contribution >= 4 is 40.1 Å². The number of aromatic nitrogens is 3. The van der Waals surface area contributed by atoms with E-state index in [9.17, 15) is 14.4 Å². The van der Waals surface area contributed by atoms with Gasteiger partial charge < -0.3 is 20.9 Å². The maximum Gasteiger partial charge on any atom is 0.274 e. The van der Waals surface area contributed by atoms with Crippen LogP contribution in [0.15, 0.2) is 72.9 Å². The molecule has 10 heteroatoms.